The molecule has 34 heavy (non-hydrogen) atoms. The van der Waals surface area contributed by atoms with E-state index < -0.39 is 0 Å². The molecule has 6 heteroatoms. The van der Waals surface area contributed by atoms with E-state index in [-0.39, 0.29) is 30.4 Å². The Balaban J connectivity index is 1.73. The van der Waals surface area contributed by atoms with Crippen LogP contribution in [-0.4, -0.2) is 44.9 Å². The molecule has 0 aliphatic heterocycles. The van der Waals surface area contributed by atoms with Gasteiger partial charge in [0.15, 0.2) is 0 Å². The lowest BCUT2D eigenvalue weighted by Gasteiger charge is -2.34. The summed E-state index contributed by atoms with van der Waals surface area (Å²) in [5, 5.41) is 3.02. The molecule has 2 atom stereocenters. The van der Waals surface area contributed by atoms with E-state index in [9.17, 15) is 9.59 Å². The Morgan fingerprint density at radius 2 is 1.65 bits per heavy atom. The van der Waals surface area contributed by atoms with Crippen molar-refractivity contribution < 1.29 is 9.59 Å². The zero-order valence-electron chi connectivity index (χ0n) is 21.2. The predicted octanol–water partition coefficient (Wildman–Crippen LogP) is 5.13. The molecule has 2 unspecified atom stereocenters. The highest BCUT2D eigenvalue weighted by molar-refractivity contribution is 5.95. The van der Waals surface area contributed by atoms with Crippen LogP contribution in [0.3, 0.4) is 0 Å². The van der Waals surface area contributed by atoms with Gasteiger partial charge in [-0.1, -0.05) is 44.2 Å². The topological polar surface area (TPSA) is 67.2 Å². The van der Waals surface area contributed by atoms with Gasteiger partial charge in [0, 0.05) is 30.6 Å². The minimum atomic E-state index is -0.0560. The number of carbonyl (C=O) groups is 2. The number of fused-ring (bicyclic) bond motifs is 1. The lowest BCUT2D eigenvalue weighted by atomic mass is 10.1. The number of aryl methyl sites for hydroxylation is 2. The number of imidazole rings is 1. The van der Waals surface area contributed by atoms with Crippen molar-refractivity contribution in [3.8, 4) is 0 Å². The Morgan fingerprint density at radius 3 is 2.32 bits per heavy atom. The zero-order valence-corrected chi connectivity index (χ0v) is 21.2. The van der Waals surface area contributed by atoms with Crippen molar-refractivity contribution in [2.75, 3.05) is 6.54 Å². The predicted molar refractivity (Wildman–Crippen MR) is 138 cm³/mol. The molecule has 1 N–H and O–H groups in total. The normalized spacial score (nSPS) is 13.0. The molecule has 0 saturated heterocycles. The number of carbonyl (C=O) groups excluding carboxylic acids is 2. The molecule has 2 aromatic carbocycles. The highest BCUT2D eigenvalue weighted by atomic mass is 16.2. The van der Waals surface area contributed by atoms with Crippen LogP contribution >= 0.6 is 0 Å². The summed E-state index contributed by atoms with van der Waals surface area (Å²) in [6.45, 7) is 11.3. The van der Waals surface area contributed by atoms with E-state index >= 15 is 0 Å². The molecule has 182 valence electrons. The van der Waals surface area contributed by atoms with Gasteiger partial charge in [-0.05, 0) is 63.8 Å². The van der Waals surface area contributed by atoms with Crippen molar-refractivity contribution in [3.63, 3.8) is 0 Å². The second-order valence-corrected chi connectivity index (χ2v) is 9.09. The molecular formula is C28H38N4O2. The molecule has 0 fully saturated rings. The van der Waals surface area contributed by atoms with Gasteiger partial charge in [-0.2, -0.15) is 0 Å². The number of para-hydroxylation sites is 2. The number of nitrogens with one attached hydrogen (secondary N) is 1. The maximum Gasteiger partial charge on any atom is 0.251 e. The van der Waals surface area contributed by atoms with Gasteiger partial charge in [0.1, 0.15) is 12.4 Å². The van der Waals surface area contributed by atoms with Crippen molar-refractivity contribution in [2.24, 2.45) is 0 Å². The van der Waals surface area contributed by atoms with E-state index in [1.165, 1.54) is 0 Å². The number of hydrogen-bond acceptors (Lipinski definition) is 3. The number of hydrogen-bond donors (Lipinski definition) is 1. The molecule has 0 spiro atoms. The average molecular weight is 463 g/mol. The molecule has 0 aliphatic rings. The molecule has 3 aromatic rings. The number of amides is 2. The molecule has 2 amide bonds. The van der Waals surface area contributed by atoms with Crippen LogP contribution in [0, 0.1) is 6.92 Å². The molecule has 0 aliphatic carbocycles. The first kappa shape index (κ1) is 25.5. The molecule has 1 aromatic heterocycles. The van der Waals surface area contributed by atoms with Crippen molar-refractivity contribution in [3.05, 3.63) is 65.5 Å². The van der Waals surface area contributed by atoms with Gasteiger partial charge in [0.05, 0.1) is 11.0 Å². The molecule has 6 nitrogen and oxygen atoms in total. The van der Waals surface area contributed by atoms with E-state index in [1.54, 1.807) is 0 Å². The van der Waals surface area contributed by atoms with Gasteiger partial charge >= 0.3 is 0 Å². The third kappa shape index (κ3) is 5.85. The number of rotatable bonds is 11. The second-order valence-electron chi connectivity index (χ2n) is 9.09. The van der Waals surface area contributed by atoms with Crippen LogP contribution in [0.5, 0.6) is 0 Å². The third-order valence-electron chi connectivity index (χ3n) is 6.70. The van der Waals surface area contributed by atoms with Crippen LogP contribution in [0.2, 0.25) is 0 Å². The van der Waals surface area contributed by atoms with E-state index in [1.807, 2.05) is 60.4 Å². The maximum absolute atomic E-state index is 13.4. The molecule has 0 saturated carbocycles. The monoisotopic (exact) mass is 462 g/mol. The summed E-state index contributed by atoms with van der Waals surface area (Å²) in [4.78, 5) is 32.8. The van der Waals surface area contributed by atoms with Crippen molar-refractivity contribution in [2.45, 2.75) is 78.9 Å². The van der Waals surface area contributed by atoms with Crippen molar-refractivity contribution in [1.82, 2.24) is 19.8 Å². The third-order valence-corrected chi connectivity index (χ3v) is 6.70. The van der Waals surface area contributed by atoms with Gasteiger partial charge in [0.2, 0.25) is 5.91 Å². The van der Waals surface area contributed by atoms with E-state index in [2.05, 4.69) is 37.6 Å². The van der Waals surface area contributed by atoms with E-state index in [0.29, 0.717) is 18.5 Å². The summed E-state index contributed by atoms with van der Waals surface area (Å²) >= 11 is 0. The molecule has 0 bridgehead atoms. The largest absolute Gasteiger partial charge is 0.352 e. The van der Waals surface area contributed by atoms with Gasteiger partial charge in [-0.15, -0.1) is 0 Å². The Morgan fingerprint density at radius 1 is 1.00 bits per heavy atom. The summed E-state index contributed by atoms with van der Waals surface area (Å²) in [6.07, 6.45) is 3.28. The average Bonchev–Trinajstić information content (AvgIpc) is 3.18. The lowest BCUT2D eigenvalue weighted by molar-refractivity contribution is -0.136. The fraction of sp³-hybridized carbons (Fsp3) is 0.464. The first-order valence-electron chi connectivity index (χ1n) is 12.5. The highest BCUT2D eigenvalue weighted by Crippen LogP contribution is 2.20. The minimum Gasteiger partial charge on any atom is -0.352 e. The summed E-state index contributed by atoms with van der Waals surface area (Å²) in [6, 6.07) is 15.9. The van der Waals surface area contributed by atoms with Crippen molar-refractivity contribution in [1.29, 1.82) is 0 Å². The molecular weight excluding hydrogens is 424 g/mol. The van der Waals surface area contributed by atoms with Crippen LogP contribution in [-0.2, 0) is 17.8 Å². The van der Waals surface area contributed by atoms with Crippen LogP contribution in [0.1, 0.15) is 68.7 Å². The number of aromatic nitrogens is 2. The van der Waals surface area contributed by atoms with Gasteiger partial charge in [-0.25, -0.2) is 4.98 Å². The first-order valence-corrected chi connectivity index (χ1v) is 12.5. The Hall–Kier alpha value is -3.15. The summed E-state index contributed by atoms with van der Waals surface area (Å²) in [5.74, 6) is 0.952. The quantitative estimate of drug-likeness (QED) is 0.402. The van der Waals surface area contributed by atoms with Gasteiger partial charge in [0.25, 0.3) is 5.91 Å². The maximum atomic E-state index is 13.4. The molecule has 1 heterocycles. The highest BCUT2D eigenvalue weighted by Gasteiger charge is 2.25. The Bertz CT molecular complexity index is 1110. The summed E-state index contributed by atoms with van der Waals surface area (Å²) in [7, 11) is 0. The number of nitrogens with zero attached hydrogens (tertiary/aromatic N) is 3. The SMILES string of the molecule is CCC(C)N(C(=O)Cn1c(CCCNC(=O)c2ccccc2C)nc2ccccc21)C(C)CC. The van der Waals surface area contributed by atoms with E-state index in [0.717, 1.165) is 41.7 Å². The van der Waals surface area contributed by atoms with E-state index in [4.69, 9.17) is 4.98 Å². The number of benzene rings is 2. The minimum absolute atomic E-state index is 0.0560. The summed E-state index contributed by atoms with van der Waals surface area (Å²) < 4.78 is 2.05. The van der Waals surface area contributed by atoms with Crippen molar-refractivity contribution >= 4 is 22.8 Å². The second kappa shape index (κ2) is 11.8. The van der Waals surface area contributed by atoms with Gasteiger partial charge < -0.3 is 14.8 Å². The standard InChI is InChI=1S/C28H38N4O2/c1-6-21(4)32(22(5)7-2)27(33)19-31-25-16-11-10-15-24(25)30-26(31)17-12-18-29-28(34)23-14-9-8-13-20(23)3/h8-11,13-16,21-22H,6-7,12,17-19H2,1-5H3,(H,29,34). The summed E-state index contributed by atoms with van der Waals surface area (Å²) in [5.41, 5.74) is 3.54. The van der Waals surface area contributed by atoms with Crippen LogP contribution in [0.15, 0.2) is 48.5 Å². The fourth-order valence-corrected chi connectivity index (χ4v) is 4.40. The molecule has 3 rings (SSSR count). The van der Waals surface area contributed by atoms with Crippen LogP contribution in [0.25, 0.3) is 11.0 Å². The van der Waals surface area contributed by atoms with Gasteiger partial charge in [-0.3, -0.25) is 9.59 Å². The fourth-order valence-electron chi connectivity index (χ4n) is 4.40. The lowest BCUT2D eigenvalue weighted by Crippen LogP contribution is -2.45. The Labute approximate surface area is 203 Å². The van der Waals surface area contributed by atoms with Crippen LogP contribution < -0.4 is 5.32 Å². The molecule has 0 radical (unpaired) electrons. The zero-order chi connectivity index (χ0) is 24.7. The Kier molecular flexibility index (Phi) is 8.85. The smallest absolute Gasteiger partial charge is 0.251 e. The van der Waals surface area contributed by atoms with Crippen LogP contribution in [0.4, 0.5) is 0 Å². The first-order chi connectivity index (χ1) is 16.4.